The zero-order valence-corrected chi connectivity index (χ0v) is 10.3. The Morgan fingerprint density at radius 3 is 2.63 bits per heavy atom. The molecule has 100 valence electrons. The summed E-state index contributed by atoms with van der Waals surface area (Å²) >= 11 is 5.64. The summed E-state index contributed by atoms with van der Waals surface area (Å²) in [5, 5.41) is 21.8. The van der Waals surface area contributed by atoms with Gasteiger partial charge in [-0.3, -0.25) is 19.7 Å². The molecule has 1 aliphatic carbocycles. The van der Waals surface area contributed by atoms with Crippen LogP contribution >= 0.6 is 11.6 Å². The SMILES string of the molecule is O=C(O)[C@H]1C[C@H]1C(=O)Nc1ccc(Cl)c([N+](=O)[O-])c1. The molecule has 0 spiro atoms. The van der Waals surface area contributed by atoms with E-state index >= 15 is 0 Å². The minimum atomic E-state index is -1.01. The van der Waals surface area contributed by atoms with Gasteiger partial charge in [0.05, 0.1) is 16.8 Å². The topological polar surface area (TPSA) is 110 Å². The lowest BCUT2D eigenvalue weighted by Gasteiger charge is -2.04. The van der Waals surface area contributed by atoms with Crippen LogP contribution in [0.1, 0.15) is 6.42 Å². The number of anilines is 1. The lowest BCUT2D eigenvalue weighted by molar-refractivity contribution is -0.384. The second-order valence-electron chi connectivity index (χ2n) is 4.20. The van der Waals surface area contributed by atoms with Gasteiger partial charge in [-0.15, -0.1) is 0 Å². The second-order valence-corrected chi connectivity index (χ2v) is 4.61. The summed E-state index contributed by atoms with van der Waals surface area (Å²) in [5.74, 6) is -2.71. The second kappa shape index (κ2) is 4.85. The quantitative estimate of drug-likeness (QED) is 0.648. The van der Waals surface area contributed by atoms with Crippen molar-refractivity contribution in [2.24, 2.45) is 11.8 Å². The Morgan fingerprint density at radius 2 is 2.11 bits per heavy atom. The Balaban J connectivity index is 2.08. The van der Waals surface area contributed by atoms with Gasteiger partial charge in [-0.05, 0) is 18.6 Å². The molecule has 8 heteroatoms. The lowest BCUT2D eigenvalue weighted by Crippen LogP contribution is -2.16. The van der Waals surface area contributed by atoms with Gasteiger partial charge in [0.2, 0.25) is 5.91 Å². The average molecular weight is 285 g/mol. The molecule has 2 rings (SSSR count). The van der Waals surface area contributed by atoms with Crippen molar-refractivity contribution in [2.45, 2.75) is 6.42 Å². The number of amides is 1. The van der Waals surface area contributed by atoms with Gasteiger partial charge in [0.1, 0.15) is 5.02 Å². The standard InChI is InChI=1S/C11H9ClN2O5/c12-8-2-1-5(3-9(8)14(18)19)13-10(15)6-4-7(6)11(16)17/h1-3,6-7H,4H2,(H,13,15)(H,16,17)/t6-,7+/m1/s1. The van der Waals surface area contributed by atoms with Crippen LogP contribution in [0.3, 0.4) is 0 Å². The number of rotatable bonds is 4. The van der Waals surface area contributed by atoms with E-state index in [4.69, 9.17) is 16.7 Å². The first kappa shape index (κ1) is 13.3. The maximum Gasteiger partial charge on any atom is 0.307 e. The van der Waals surface area contributed by atoms with E-state index in [1.54, 1.807) is 0 Å². The summed E-state index contributed by atoms with van der Waals surface area (Å²) in [6, 6.07) is 3.86. The Kier molecular flexibility index (Phi) is 3.39. The van der Waals surface area contributed by atoms with Crippen LogP contribution in [0.2, 0.25) is 5.02 Å². The molecule has 0 radical (unpaired) electrons. The number of nitrogens with zero attached hydrogens (tertiary/aromatic N) is 1. The third-order valence-electron chi connectivity index (χ3n) is 2.85. The Labute approximate surface area is 112 Å². The zero-order valence-electron chi connectivity index (χ0n) is 9.50. The summed E-state index contributed by atoms with van der Waals surface area (Å²) in [5.41, 5.74) is -0.0952. The predicted octanol–water partition coefficient (Wildman–Crippen LogP) is 1.91. The number of carbonyl (C=O) groups excluding carboxylic acids is 1. The number of aliphatic carboxylic acids is 1. The molecule has 0 aromatic heterocycles. The predicted molar refractivity (Wildman–Crippen MR) is 66.0 cm³/mol. The van der Waals surface area contributed by atoms with Crippen LogP contribution < -0.4 is 5.32 Å². The molecule has 0 heterocycles. The largest absolute Gasteiger partial charge is 0.481 e. The van der Waals surface area contributed by atoms with Crippen LogP contribution in [-0.4, -0.2) is 21.9 Å². The van der Waals surface area contributed by atoms with Crippen LogP contribution in [0.4, 0.5) is 11.4 Å². The number of carboxylic acids is 1. The number of halogens is 1. The molecule has 1 amide bonds. The number of hydrogen-bond acceptors (Lipinski definition) is 4. The molecule has 7 nitrogen and oxygen atoms in total. The molecule has 1 fully saturated rings. The Morgan fingerprint density at radius 1 is 1.42 bits per heavy atom. The molecule has 0 unspecified atom stereocenters. The number of hydrogen-bond donors (Lipinski definition) is 2. The first-order valence-corrected chi connectivity index (χ1v) is 5.75. The van der Waals surface area contributed by atoms with Crippen LogP contribution in [0, 0.1) is 22.0 Å². The smallest absolute Gasteiger partial charge is 0.307 e. The van der Waals surface area contributed by atoms with Crippen molar-refractivity contribution in [3.05, 3.63) is 33.3 Å². The fourth-order valence-corrected chi connectivity index (χ4v) is 1.91. The summed E-state index contributed by atoms with van der Waals surface area (Å²) in [4.78, 5) is 32.3. The molecule has 19 heavy (non-hydrogen) atoms. The number of nitro benzene ring substituents is 1. The highest BCUT2D eigenvalue weighted by molar-refractivity contribution is 6.32. The van der Waals surface area contributed by atoms with Crippen LogP contribution in [0.5, 0.6) is 0 Å². The van der Waals surface area contributed by atoms with Crippen LogP contribution in [0.15, 0.2) is 18.2 Å². The number of carbonyl (C=O) groups is 2. The summed E-state index contributed by atoms with van der Waals surface area (Å²) in [6.07, 6.45) is 0.289. The summed E-state index contributed by atoms with van der Waals surface area (Å²) < 4.78 is 0. The van der Waals surface area contributed by atoms with E-state index in [1.807, 2.05) is 0 Å². The van der Waals surface area contributed by atoms with Crippen molar-refractivity contribution in [3.8, 4) is 0 Å². The Hall–Kier alpha value is -2.15. The molecular formula is C11H9ClN2O5. The normalized spacial score (nSPS) is 20.7. The number of nitrogens with one attached hydrogen (secondary N) is 1. The number of carboxylic acid groups (broad SMARTS) is 1. The van der Waals surface area contributed by atoms with Gasteiger partial charge >= 0.3 is 5.97 Å². The highest BCUT2D eigenvalue weighted by Gasteiger charge is 2.48. The maximum absolute atomic E-state index is 11.7. The van der Waals surface area contributed by atoms with Crippen molar-refractivity contribution >= 4 is 34.9 Å². The van der Waals surface area contributed by atoms with Crippen molar-refractivity contribution in [1.82, 2.24) is 0 Å². The molecule has 0 aliphatic heterocycles. The minimum Gasteiger partial charge on any atom is -0.481 e. The molecule has 1 saturated carbocycles. The van der Waals surface area contributed by atoms with Gasteiger partial charge in [-0.1, -0.05) is 11.6 Å². The summed E-state index contributed by atoms with van der Waals surface area (Å²) in [7, 11) is 0. The highest BCUT2D eigenvalue weighted by Crippen LogP contribution is 2.39. The van der Waals surface area contributed by atoms with Crippen molar-refractivity contribution in [3.63, 3.8) is 0 Å². The van der Waals surface area contributed by atoms with Gasteiger partial charge in [-0.2, -0.15) is 0 Å². The van der Waals surface area contributed by atoms with Gasteiger partial charge in [0.25, 0.3) is 5.69 Å². The molecule has 0 bridgehead atoms. The molecule has 2 N–H and O–H groups in total. The zero-order chi connectivity index (χ0) is 14.2. The fourth-order valence-electron chi connectivity index (χ4n) is 1.72. The highest BCUT2D eigenvalue weighted by atomic mass is 35.5. The Bertz CT molecular complexity index is 574. The molecule has 2 atom stereocenters. The monoisotopic (exact) mass is 284 g/mol. The van der Waals surface area contributed by atoms with Crippen molar-refractivity contribution in [1.29, 1.82) is 0 Å². The van der Waals surface area contributed by atoms with E-state index in [0.717, 1.165) is 6.07 Å². The van der Waals surface area contributed by atoms with E-state index in [2.05, 4.69) is 5.32 Å². The van der Waals surface area contributed by atoms with E-state index in [-0.39, 0.29) is 22.8 Å². The number of nitro groups is 1. The molecule has 1 aromatic rings. The lowest BCUT2D eigenvalue weighted by atomic mass is 10.2. The van der Waals surface area contributed by atoms with Gasteiger partial charge in [0.15, 0.2) is 0 Å². The summed E-state index contributed by atoms with van der Waals surface area (Å²) in [6.45, 7) is 0. The fraction of sp³-hybridized carbons (Fsp3) is 0.273. The third-order valence-corrected chi connectivity index (χ3v) is 3.17. The van der Waals surface area contributed by atoms with Gasteiger partial charge in [0, 0.05) is 11.8 Å². The van der Waals surface area contributed by atoms with E-state index in [9.17, 15) is 19.7 Å². The average Bonchev–Trinajstić information content (AvgIpc) is 3.11. The third kappa shape index (κ3) is 2.82. The van der Waals surface area contributed by atoms with Crippen LogP contribution in [0.25, 0.3) is 0 Å². The molecule has 0 saturated heterocycles. The van der Waals surface area contributed by atoms with E-state index in [0.29, 0.717) is 0 Å². The molecular weight excluding hydrogens is 276 g/mol. The van der Waals surface area contributed by atoms with E-state index in [1.165, 1.54) is 12.1 Å². The molecule has 1 aliphatic rings. The molecule has 1 aromatic carbocycles. The van der Waals surface area contributed by atoms with Crippen LogP contribution in [-0.2, 0) is 9.59 Å². The van der Waals surface area contributed by atoms with Gasteiger partial charge in [-0.25, -0.2) is 0 Å². The maximum atomic E-state index is 11.7. The van der Waals surface area contributed by atoms with Crippen molar-refractivity contribution < 1.29 is 19.6 Å². The van der Waals surface area contributed by atoms with Crippen molar-refractivity contribution in [2.75, 3.05) is 5.32 Å². The first-order valence-electron chi connectivity index (χ1n) is 5.37. The van der Waals surface area contributed by atoms with Gasteiger partial charge < -0.3 is 10.4 Å². The number of benzene rings is 1. The first-order chi connectivity index (χ1) is 8.90. The van der Waals surface area contributed by atoms with E-state index < -0.39 is 28.6 Å². The minimum absolute atomic E-state index is 0.0298.